The smallest absolute Gasteiger partial charge is 0.329 e. The third-order valence-corrected chi connectivity index (χ3v) is 5.88. The van der Waals surface area contributed by atoms with Gasteiger partial charge in [0, 0.05) is 30.9 Å². The van der Waals surface area contributed by atoms with Gasteiger partial charge in [-0.15, -0.1) is 12.4 Å². The Hall–Kier alpha value is -2.57. The predicted octanol–water partition coefficient (Wildman–Crippen LogP) is 4.55. The van der Waals surface area contributed by atoms with Gasteiger partial charge in [0.15, 0.2) is 0 Å². The number of amides is 2. The second-order valence-corrected chi connectivity index (χ2v) is 8.75. The number of hydrogen-bond donors (Lipinski definition) is 1. The largest absolute Gasteiger partial charge is 0.465 e. The average molecular weight is 458 g/mol. The van der Waals surface area contributed by atoms with Gasteiger partial charge in [-0.25, -0.2) is 4.79 Å². The van der Waals surface area contributed by atoms with Crippen molar-refractivity contribution in [2.75, 3.05) is 29.5 Å². The first-order chi connectivity index (χ1) is 15.0. The topological polar surface area (TPSA) is 61.9 Å². The summed E-state index contributed by atoms with van der Waals surface area (Å²) < 4.78 is 5.35. The highest BCUT2D eigenvalue weighted by molar-refractivity contribution is 6.07. The van der Waals surface area contributed by atoms with E-state index in [9.17, 15) is 9.59 Å². The molecular formula is C25H32ClN3O3. The van der Waals surface area contributed by atoms with Crippen LogP contribution in [-0.2, 0) is 22.5 Å². The molecule has 1 fully saturated rings. The molecule has 6 nitrogen and oxygen atoms in total. The number of nitrogens with one attached hydrogen (secondary N) is 1. The fourth-order valence-electron chi connectivity index (χ4n) is 4.25. The SMILES string of the molecule is CC(C)COC(=O)CCC1CN(c2ccccc2)C(=O)N1c1ccc2c(c1)CCNC2.Cl. The Kier molecular flexibility index (Phi) is 8.15. The van der Waals surface area contributed by atoms with E-state index in [1.807, 2.05) is 60.0 Å². The molecule has 2 amide bonds. The second kappa shape index (κ2) is 10.8. The summed E-state index contributed by atoms with van der Waals surface area (Å²) in [5.74, 6) is 0.114. The van der Waals surface area contributed by atoms with E-state index in [0.717, 1.165) is 30.9 Å². The molecule has 172 valence electrons. The molecule has 2 aromatic rings. The summed E-state index contributed by atoms with van der Waals surface area (Å²) in [6.45, 7) is 6.85. The zero-order valence-corrected chi connectivity index (χ0v) is 19.6. The minimum atomic E-state index is -0.198. The summed E-state index contributed by atoms with van der Waals surface area (Å²) in [6.07, 6.45) is 1.84. The fourth-order valence-corrected chi connectivity index (χ4v) is 4.25. The molecule has 2 aromatic carbocycles. The fraction of sp³-hybridized carbons (Fsp3) is 0.440. The van der Waals surface area contributed by atoms with E-state index in [-0.39, 0.29) is 30.4 Å². The number of ether oxygens (including phenoxy) is 1. The Morgan fingerprint density at radius 3 is 2.66 bits per heavy atom. The molecular weight excluding hydrogens is 426 g/mol. The van der Waals surface area contributed by atoms with Crippen molar-refractivity contribution in [3.8, 4) is 0 Å². The number of carbonyl (C=O) groups is 2. The minimum Gasteiger partial charge on any atom is -0.465 e. The summed E-state index contributed by atoms with van der Waals surface area (Å²) in [6, 6.07) is 15.9. The van der Waals surface area contributed by atoms with E-state index in [2.05, 4.69) is 17.4 Å². The van der Waals surface area contributed by atoms with Crippen LogP contribution in [0.5, 0.6) is 0 Å². The van der Waals surface area contributed by atoms with Gasteiger partial charge in [0.2, 0.25) is 0 Å². The number of fused-ring (bicyclic) bond motifs is 1. The third-order valence-electron chi connectivity index (χ3n) is 5.88. The zero-order chi connectivity index (χ0) is 21.8. The Balaban J connectivity index is 0.00000289. The molecule has 0 saturated carbocycles. The van der Waals surface area contributed by atoms with Crippen molar-refractivity contribution >= 4 is 35.8 Å². The number of urea groups is 1. The van der Waals surface area contributed by atoms with Crippen LogP contribution in [0.4, 0.5) is 16.2 Å². The quantitative estimate of drug-likeness (QED) is 0.619. The molecule has 0 spiro atoms. The summed E-state index contributed by atoms with van der Waals surface area (Å²) in [5, 5.41) is 3.39. The number of anilines is 2. The molecule has 1 atom stereocenters. The van der Waals surface area contributed by atoms with Crippen LogP contribution >= 0.6 is 12.4 Å². The number of benzene rings is 2. The van der Waals surface area contributed by atoms with E-state index in [4.69, 9.17) is 4.74 Å². The Morgan fingerprint density at radius 1 is 1.12 bits per heavy atom. The van der Waals surface area contributed by atoms with Gasteiger partial charge >= 0.3 is 12.0 Å². The molecule has 0 aliphatic carbocycles. The number of halogens is 1. The van der Waals surface area contributed by atoms with Crippen LogP contribution in [0.25, 0.3) is 0 Å². The van der Waals surface area contributed by atoms with Crippen molar-refractivity contribution in [3.05, 3.63) is 59.7 Å². The van der Waals surface area contributed by atoms with E-state index in [1.165, 1.54) is 11.1 Å². The summed E-state index contributed by atoms with van der Waals surface area (Å²) in [4.78, 5) is 29.4. The van der Waals surface area contributed by atoms with Gasteiger partial charge in [-0.3, -0.25) is 14.6 Å². The van der Waals surface area contributed by atoms with E-state index < -0.39 is 0 Å². The summed E-state index contributed by atoms with van der Waals surface area (Å²) in [7, 11) is 0. The van der Waals surface area contributed by atoms with Crippen molar-refractivity contribution in [3.63, 3.8) is 0 Å². The van der Waals surface area contributed by atoms with Crippen molar-refractivity contribution in [2.45, 2.75) is 45.7 Å². The average Bonchev–Trinajstić information content (AvgIpc) is 3.12. The van der Waals surface area contributed by atoms with Crippen LogP contribution in [0.1, 0.15) is 37.8 Å². The zero-order valence-electron chi connectivity index (χ0n) is 18.8. The maximum Gasteiger partial charge on any atom is 0.329 e. The molecule has 1 unspecified atom stereocenters. The number of para-hydroxylation sites is 1. The van der Waals surface area contributed by atoms with E-state index in [1.54, 1.807) is 0 Å². The van der Waals surface area contributed by atoms with Gasteiger partial charge in [0.1, 0.15) is 0 Å². The van der Waals surface area contributed by atoms with Gasteiger partial charge in [0.05, 0.1) is 12.6 Å². The van der Waals surface area contributed by atoms with Crippen molar-refractivity contribution in [1.29, 1.82) is 0 Å². The molecule has 2 heterocycles. The normalized spacial score (nSPS) is 17.8. The molecule has 2 aliphatic heterocycles. The lowest BCUT2D eigenvalue weighted by molar-refractivity contribution is -0.144. The maximum absolute atomic E-state index is 13.5. The molecule has 1 saturated heterocycles. The monoisotopic (exact) mass is 457 g/mol. The van der Waals surface area contributed by atoms with Crippen molar-refractivity contribution < 1.29 is 14.3 Å². The van der Waals surface area contributed by atoms with Gasteiger partial charge in [0.25, 0.3) is 0 Å². The summed E-state index contributed by atoms with van der Waals surface area (Å²) in [5.41, 5.74) is 4.36. The number of esters is 1. The van der Waals surface area contributed by atoms with Crippen molar-refractivity contribution in [1.82, 2.24) is 5.32 Å². The van der Waals surface area contributed by atoms with Crippen LogP contribution in [-0.4, -0.2) is 37.7 Å². The van der Waals surface area contributed by atoms with E-state index >= 15 is 0 Å². The van der Waals surface area contributed by atoms with Gasteiger partial charge in [-0.2, -0.15) is 0 Å². The van der Waals surface area contributed by atoms with Crippen LogP contribution in [0.2, 0.25) is 0 Å². The minimum absolute atomic E-state index is 0. The Bertz CT molecular complexity index is 935. The number of hydrogen-bond acceptors (Lipinski definition) is 4. The summed E-state index contributed by atoms with van der Waals surface area (Å²) >= 11 is 0. The molecule has 0 radical (unpaired) electrons. The second-order valence-electron chi connectivity index (χ2n) is 8.75. The van der Waals surface area contributed by atoms with Crippen molar-refractivity contribution in [2.24, 2.45) is 5.92 Å². The highest BCUT2D eigenvalue weighted by Gasteiger charge is 2.39. The van der Waals surface area contributed by atoms with Gasteiger partial charge in [-0.05, 0) is 60.7 Å². The molecule has 2 aliphatic rings. The highest BCUT2D eigenvalue weighted by Crippen LogP contribution is 2.32. The van der Waals surface area contributed by atoms with Gasteiger partial charge in [-0.1, -0.05) is 38.1 Å². The first-order valence-electron chi connectivity index (χ1n) is 11.2. The molecule has 4 rings (SSSR count). The Labute approximate surface area is 196 Å². The predicted molar refractivity (Wildman–Crippen MR) is 130 cm³/mol. The first kappa shape index (κ1) is 24.1. The number of nitrogens with zero attached hydrogens (tertiary/aromatic N) is 2. The first-order valence-corrected chi connectivity index (χ1v) is 11.2. The van der Waals surface area contributed by atoms with Crippen LogP contribution in [0.3, 0.4) is 0 Å². The van der Waals surface area contributed by atoms with Gasteiger partial charge < -0.3 is 10.1 Å². The third kappa shape index (κ3) is 5.43. The number of carbonyl (C=O) groups excluding carboxylic acids is 2. The molecule has 0 aromatic heterocycles. The molecule has 0 bridgehead atoms. The Morgan fingerprint density at radius 2 is 1.91 bits per heavy atom. The lowest BCUT2D eigenvalue weighted by atomic mass is 9.99. The highest BCUT2D eigenvalue weighted by atomic mass is 35.5. The van der Waals surface area contributed by atoms with E-state index in [0.29, 0.717) is 31.9 Å². The molecule has 32 heavy (non-hydrogen) atoms. The number of rotatable bonds is 7. The van der Waals surface area contributed by atoms with Crippen LogP contribution < -0.4 is 15.1 Å². The molecule has 1 N–H and O–H groups in total. The lowest BCUT2D eigenvalue weighted by Crippen LogP contribution is -2.36. The van der Waals surface area contributed by atoms with Crippen LogP contribution in [0, 0.1) is 5.92 Å². The van der Waals surface area contributed by atoms with Crippen LogP contribution in [0.15, 0.2) is 48.5 Å². The molecule has 7 heteroatoms. The standard InChI is InChI=1S/C25H31N3O3.ClH/c1-18(2)17-31-24(29)11-10-23-16-27(21-6-4-3-5-7-21)25(30)28(23)22-9-8-20-15-26-13-12-19(20)14-22;/h3-9,14,18,23,26H,10-13,15-17H2,1-2H3;1H. The maximum atomic E-state index is 13.5. The lowest BCUT2D eigenvalue weighted by Gasteiger charge is -2.26.